The van der Waals surface area contributed by atoms with E-state index in [1.165, 1.54) is 11.9 Å². The number of imide groups is 2. The number of hydrogen-bond donors (Lipinski definition) is 0. The van der Waals surface area contributed by atoms with Crippen LogP contribution in [0.15, 0.2) is 24.3 Å². The predicted octanol–water partition coefficient (Wildman–Crippen LogP) is 2.85. The molecule has 4 rings (SSSR count). The minimum absolute atomic E-state index is 0.339. The van der Waals surface area contributed by atoms with Gasteiger partial charge in [0, 0.05) is 45.6 Å². The van der Waals surface area contributed by atoms with Crippen LogP contribution in [0.25, 0.3) is 10.8 Å². The Morgan fingerprint density at radius 1 is 0.731 bits per heavy atom. The van der Waals surface area contributed by atoms with Gasteiger partial charge in [-0.2, -0.15) is 0 Å². The lowest BCUT2D eigenvalue weighted by atomic mass is 9.84. The lowest BCUT2D eigenvalue weighted by molar-refractivity contribution is 0.0424. The Balaban J connectivity index is 2.09. The molecule has 2 aromatic carbocycles. The number of rotatable bonds is 2. The van der Waals surface area contributed by atoms with Gasteiger partial charge < -0.3 is 0 Å². The highest BCUT2D eigenvalue weighted by Gasteiger charge is 2.43. The molecule has 0 aromatic heterocycles. The maximum atomic E-state index is 13.1. The molecule has 0 N–H and O–H groups in total. The fourth-order valence-corrected chi connectivity index (χ4v) is 3.70. The van der Waals surface area contributed by atoms with Crippen LogP contribution in [-0.4, -0.2) is 46.0 Å². The van der Waals surface area contributed by atoms with Crippen molar-refractivity contribution in [2.45, 2.75) is 32.7 Å². The van der Waals surface area contributed by atoms with E-state index in [1.54, 1.807) is 24.3 Å². The second-order valence-corrected chi connectivity index (χ2v) is 7.35. The van der Waals surface area contributed by atoms with Crippen molar-refractivity contribution in [3.8, 4) is 0 Å². The van der Waals surface area contributed by atoms with Crippen LogP contribution in [-0.2, 0) is 0 Å². The van der Waals surface area contributed by atoms with Gasteiger partial charge in [0.2, 0.25) is 0 Å². The molecule has 0 bridgehead atoms. The number of hydrogen-bond acceptors (Lipinski definition) is 4. The van der Waals surface area contributed by atoms with E-state index in [1.807, 2.05) is 20.8 Å². The Kier molecular flexibility index (Phi) is 3.16. The van der Waals surface area contributed by atoms with Crippen molar-refractivity contribution in [1.29, 1.82) is 0 Å². The van der Waals surface area contributed by atoms with Crippen molar-refractivity contribution < 1.29 is 19.2 Å². The molecule has 4 amide bonds. The van der Waals surface area contributed by atoms with Gasteiger partial charge in [-0.25, -0.2) is 0 Å². The molecule has 0 unspecified atom stereocenters. The first kappa shape index (κ1) is 16.4. The van der Waals surface area contributed by atoms with Crippen LogP contribution < -0.4 is 0 Å². The number of nitrogens with zero attached hydrogens (tertiary/aromatic N) is 2. The van der Waals surface area contributed by atoms with Crippen molar-refractivity contribution in [2.75, 3.05) is 7.05 Å². The van der Waals surface area contributed by atoms with Crippen LogP contribution in [0.2, 0.25) is 0 Å². The normalized spacial score (nSPS) is 16.8. The SMILES string of the molecule is CCC(C)(C)N1C(=O)c2ccc3c4c(ccc(c24)C1=O)C(=O)N(C)C3=O. The minimum atomic E-state index is -0.640. The number of benzene rings is 2. The van der Waals surface area contributed by atoms with E-state index in [-0.39, 0.29) is 0 Å². The van der Waals surface area contributed by atoms with Crippen molar-refractivity contribution in [1.82, 2.24) is 9.80 Å². The number of amides is 4. The maximum absolute atomic E-state index is 13.1. The zero-order valence-electron chi connectivity index (χ0n) is 15.0. The smallest absolute Gasteiger partial charge is 0.261 e. The summed E-state index contributed by atoms with van der Waals surface area (Å²) >= 11 is 0. The van der Waals surface area contributed by atoms with E-state index in [4.69, 9.17) is 0 Å². The predicted molar refractivity (Wildman–Crippen MR) is 95.2 cm³/mol. The van der Waals surface area contributed by atoms with E-state index in [9.17, 15) is 19.2 Å². The Hall–Kier alpha value is -3.02. The summed E-state index contributed by atoms with van der Waals surface area (Å²) in [6.45, 7) is 5.61. The lowest BCUT2D eigenvalue weighted by Crippen LogP contribution is -2.53. The molecule has 0 radical (unpaired) electrons. The van der Waals surface area contributed by atoms with Crippen LogP contribution in [0.3, 0.4) is 0 Å². The number of carbonyl (C=O) groups excluding carboxylic acids is 4. The van der Waals surface area contributed by atoms with Gasteiger partial charge in [0.15, 0.2) is 0 Å². The first-order valence-corrected chi connectivity index (χ1v) is 8.51. The van der Waals surface area contributed by atoms with Crippen LogP contribution in [0, 0.1) is 0 Å². The summed E-state index contributed by atoms with van der Waals surface area (Å²) in [7, 11) is 1.43. The van der Waals surface area contributed by atoms with E-state index >= 15 is 0 Å². The van der Waals surface area contributed by atoms with E-state index in [2.05, 4.69) is 0 Å². The molecule has 0 fully saturated rings. The van der Waals surface area contributed by atoms with Crippen LogP contribution >= 0.6 is 0 Å². The molecule has 0 saturated carbocycles. The largest absolute Gasteiger partial charge is 0.277 e. The second-order valence-electron chi connectivity index (χ2n) is 7.35. The van der Waals surface area contributed by atoms with Gasteiger partial charge in [-0.05, 0) is 44.5 Å². The molecule has 132 valence electrons. The Labute approximate surface area is 150 Å². The van der Waals surface area contributed by atoms with Crippen molar-refractivity contribution in [3.63, 3.8) is 0 Å². The third-order valence-corrected chi connectivity index (χ3v) is 5.57. The summed E-state index contributed by atoms with van der Waals surface area (Å²) in [5, 5.41) is 0.816. The molecule has 6 nitrogen and oxygen atoms in total. The van der Waals surface area contributed by atoms with E-state index in [0.29, 0.717) is 39.4 Å². The number of carbonyl (C=O) groups is 4. The molecule has 0 aliphatic carbocycles. The minimum Gasteiger partial charge on any atom is -0.277 e. The van der Waals surface area contributed by atoms with Crippen molar-refractivity contribution in [3.05, 3.63) is 46.5 Å². The molecule has 0 saturated heterocycles. The molecule has 26 heavy (non-hydrogen) atoms. The summed E-state index contributed by atoms with van der Waals surface area (Å²) in [6, 6.07) is 6.31. The monoisotopic (exact) mass is 350 g/mol. The first-order chi connectivity index (χ1) is 12.2. The highest BCUT2D eigenvalue weighted by molar-refractivity contribution is 6.33. The fraction of sp³-hybridized carbons (Fsp3) is 0.300. The van der Waals surface area contributed by atoms with Crippen LogP contribution in [0.5, 0.6) is 0 Å². The van der Waals surface area contributed by atoms with Gasteiger partial charge in [0.05, 0.1) is 0 Å². The van der Waals surface area contributed by atoms with Crippen molar-refractivity contribution in [2.24, 2.45) is 0 Å². The molecule has 0 spiro atoms. The summed E-state index contributed by atoms with van der Waals surface area (Å²) < 4.78 is 0. The van der Waals surface area contributed by atoms with Crippen LogP contribution in [0.1, 0.15) is 68.6 Å². The van der Waals surface area contributed by atoms with Crippen molar-refractivity contribution >= 4 is 34.4 Å². The maximum Gasteiger partial charge on any atom is 0.261 e. The van der Waals surface area contributed by atoms with Gasteiger partial charge in [0.1, 0.15) is 0 Å². The fourth-order valence-electron chi connectivity index (χ4n) is 3.70. The van der Waals surface area contributed by atoms with Gasteiger partial charge in [0.25, 0.3) is 23.6 Å². The Morgan fingerprint density at radius 2 is 1.08 bits per heavy atom. The highest BCUT2D eigenvalue weighted by atomic mass is 16.2. The third kappa shape index (κ3) is 1.81. The molecule has 2 heterocycles. The van der Waals surface area contributed by atoms with Gasteiger partial charge >= 0.3 is 0 Å². The molecular weight excluding hydrogens is 332 g/mol. The summed E-state index contributed by atoms with van der Waals surface area (Å²) in [6.07, 6.45) is 0.612. The van der Waals surface area contributed by atoms with E-state index < -0.39 is 29.2 Å². The van der Waals surface area contributed by atoms with Gasteiger partial charge in [-0.15, -0.1) is 0 Å². The quantitative estimate of drug-likeness (QED) is 0.781. The highest BCUT2D eigenvalue weighted by Crippen LogP contribution is 2.39. The topological polar surface area (TPSA) is 74.8 Å². The van der Waals surface area contributed by atoms with Crippen LogP contribution in [0.4, 0.5) is 0 Å². The van der Waals surface area contributed by atoms with E-state index in [0.717, 1.165) is 4.90 Å². The first-order valence-electron chi connectivity index (χ1n) is 8.51. The molecule has 2 aliphatic rings. The molecule has 2 aromatic rings. The average molecular weight is 350 g/mol. The molecule has 0 atom stereocenters. The Morgan fingerprint density at radius 3 is 1.42 bits per heavy atom. The Bertz CT molecular complexity index is 981. The second kappa shape index (κ2) is 5.00. The molecule has 6 heteroatoms. The van der Waals surface area contributed by atoms with Gasteiger partial charge in [-0.3, -0.25) is 29.0 Å². The van der Waals surface area contributed by atoms with Gasteiger partial charge in [-0.1, -0.05) is 6.92 Å². The summed E-state index contributed by atoms with van der Waals surface area (Å²) in [5.74, 6) is -1.64. The standard InChI is InChI=1S/C20H18N2O4/c1-5-20(2,3)22-18(25)12-8-6-10-14-11(17(24)21(4)16(10)23)7-9-13(15(12)14)19(22)26/h6-9H,5H2,1-4H3. The summed E-state index contributed by atoms with van der Waals surface area (Å²) in [4.78, 5) is 53.5. The lowest BCUT2D eigenvalue weighted by Gasteiger charge is -2.39. The zero-order valence-corrected chi connectivity index (χ0v) is 15.0. The zero-order chi connectivity index (χ0) is 19.0. The molecular formula is C20H18N2O4. The summed E-state index contributed by atoms with van der Waals surface area (Å²) in [5.41, 5.74) is 0.745. The molecule has 2 aliphatic heterocycles. The average Bonchev–Trinajstić information content (AvgIpc) is 2.62. The third-order valence-electron chi connectivity index (χ3n) is 5.57.